The molecule has 4 aliphatic rings. The normalized spacial score (nSPS) is 42.0. The fourth-order valence-electron chi connectivity index (χ4n) is 6.14. The highest BCUT2D eigenvalue weighted by molar-refractivity contribution is 5.32. The van der Waals surface area contributed by atoms with E-state index in [0.29, 0.717) is 0 Å². The first-order valence-electron chi connectivity index (χ1n) is 9.24. The largest absolute Gasteiger partial charge is 0.501 e. The fraction of sp³-hybridized carbons (Fsp3) is 0.800. The number of rotatable bonds is 2. The summed E-state index contributed by atoms with van der Waals surface area (Å²) in [5, 5.41) is 0. The van der Waals surface area contributed by atoms with Gasteiger partial charge >= 0.3 is 0 Å². The van der Waals surface area contributed by atoms with Crippen molar-refractivity contribution in [2.45, 2.75) is 64.7 Å². The zero-order valence-corrected chi connectivity index (χ0v) is 13.7. The van der Waals surface area contributed by atoms with Crippen molar-refractivity contribution in [3.8, 4) is 0 Å². The molecule has 1 nitrogen and oxygen atoms in total. The Morgan fingerprint density at radius 2 is 2.05 bits per heavy atom. The van der Waals surface area contributed by atoms with Gasteiger partial charge in [-0.25, -0.2) is 0 Å². The third-order valence-corrected chi connectivity index (χ3v) is 7.22. The van der Waals surface area contributed by atoms with Crippen molar-refractivity contribution in [3.05, 3.63) is 23.0 Å². The van der Waals surface area contributed by atoms with Crippen molar-refractivity contribution in [1.82, 2.24) is 0 Å². The highest BCUT2D eigenvalue weighted by atomic mass is 16.5. The number of hydrogen-bond donors (Lipinski definition) is 0. The zero-order chi connectivity index (χ0) is 14.4. The Morgan fingerprint density at radius 3 is 2.86 bits per heavy atom. The molecule has 0 aliphatic heterocycles. The van der Waals surface area contributed by atoms with Gasteiger partial charge in [-0.15, -0.1) is 0 Å². The van der Waals surface area contributed by atoms with Crippen molar-refractivity contribution in [1.29, 1.82) is 0 Å². The minimum atomic E-state index is 0.931. The summed E-state index contributed by atoms with van der Waals surface area (Å²) in [6, 6.07) is 0. The average molecular weight is 286 g/mol. The van der Waals surface area contributed by atoms with E-state index < -0.39 is 0 Å². The molecule has 2 fully saturated rings. The van der Waals surface area contributed by atoms with Crippen molar-refractivity contribution >= 4 is 0 Å². The molecular formula is C20H30O. The summed E-state index contributed by atoms with van der Waals surface area (Å²) < 4.78 is 5.50. The molecule has 0 bridgehead atoms. The third kappa shape index (κ3) is 2.28. The van der Waals surface area contributed by atoms with E-state index in [9.17, 15) is 0 Å². The maximum atomic E-state index is 5.50. The average Bonchev–Trinajstić information content (AvgIpc) is 2.97. The molecule has 0 amide bonds. The second-order valence-corrected chi connectivity index (χ2v) is 7.94. The van der Waals surface area contributed by atoms with Crippen LogP contribution in [-0.4, -0.2) is 7.11 Å². The zero-order valence-electron chi connectivity index (χ0n) is 13.7. The SMILES string of the molecule is CCC1C[C@H]2CC[C@@H]3C4=C(CC[C@H]3[C@@H]2C1)CC(OC)=CC4. The van der Waals surface area contributed by atoms with Gasteiger partial charge in [0.05, 0.1) is 12.9 Å². The van der Waals surface area contributed by atoms with Gasteiger partial charge in [0, 0.05) is 6.42 Å². The lowest BCUT2D eigenvalue weighted by atomic mass is 9.59. The Kier molecular flexibility index (Phi) is 3.63. The molecule has 1 unspecified atom stereocenters. The number of methoxy groups -OCH3 is 1. The van der Waals surface area contributed by atoms with Crippen LogP contribution in [0.1, 0.15) is 64.7 Å². The topological polar surface area (TPSA) is 9.23 Å². The van der Waals surface area contributed by atoms with Gasteiger partial charge in [-0.05, 0) is 80.6 Å². The standard InChI is InChI=1S/C20H30O/c1-3-13-10-14-4-7-18-17-9-6-16(21-2)12-15(17)5-8-19(18)20(14)11-13/h6,13-14,18-20H,3-5,7-12H2,1-2H3/t13?,14-,18-,19-,20-/m1/s1. The summed E-state index contributed by atoms with van der Waals surface area (Å²) in [6.45, 7) is 2.40. The minimum Gasteiger partial charge on any atom is -0.501 e. The Labute approximate surface area is 129 Å². The number of ether oxygens (including phenoxy) is 1. The van der Waals surface area contributed by atoms with Crippen molar-refractivity contribution in [3.63, 3.8) is 0 Å². The maximum Gasteiger partial charge on any atom is 0.0959 e. The predicted octanol–water partition coefficient (Wildman–Crippen LogP) is 5.48. The molecule has 4 aliphatic carbocycles. The van der Waals surface area contributed by atoms with E-state index in [-0.39, 0.29) is 0 Å². The van der Waals surface area contributed by atoms with E-state index in [1.54, 1.807) is 18.4 Å². The second-order valence-electron chi connectivity index (χ2n) is 7.94. The molecule has 0 saturated heterocycles. The summed E-state index contributed by atoms with van der Waals surface area (Å²) >= 11 is 0. The molecule has 1 heteroatoms. The number of hydrogen-bond acceptors (Lipinski definition) is 1. The summed E-state index contributed by atoms with van der Waals surface area (Å²) in [7, 11) is 1.83. The first-order chi connectivity index (χ1) is 10.3. The molecule has 0 heterocycles. The molecule has 21 heavy (non-hydrogen) atoms. The van der Waals surface area contributed by atoms with Crippen LogP contribution in [0.5, 0.6) is 0 Å². The maximum absolute atomic E-state index is 5.50. The summed E-state index contributed by atoms with van der Waals surface area (Å²) in [5.74, 6) is 6.35. The molecule has 4 rings (SSSR count). The van der Waals surface area contributed by atoms with Crippen LogP contribution in [0.15, 0.2) is 23.0 Å². The van der Waals surface area contributed by atoms with Crippen LogP contribution in [0, 0.1) is 29.6 Å². The molecule has 0 spiro atoms. The molecule has 0 aromatic rings. The smallest absolute Gasteiger partial charge is 0.0959 e. The van der Waals surface area contributed by atoms with Crippen LogP contribution in [0.2, 0.25) is 0 Å². The van der Waals surface area contributed by atoms with Crippen LogP contribution in [0.4, 0.5) is 0 Å². The predicted molar refractivity (Wildman–Crippen MR) is 86.8 cm³/mol. The van der Waals surface area contributed by atoms with Crippen LogP contribution in [0.3, 0.4) is 0 Å². The van der Waals surface area contributed by atoms with Gasteiger partial charge in [0.1, 0.15) is 0 Å². The lowest BCUT2D eigenvalue weighted by Gasteiger charge is -2.46. The third-order valence-electron chi connectivity index (χ3n) is 7.22. The summed E-state index contributed by atoms with van der Waals surface area (Å²) in [4.78, 5) is 0. The first-order valence-corrected chi connectivity index (χ1v) is 9.24. The van der Waals surface area contributed by atoms with E-state index in [4.69, 9.17) is 4.74 Å². The molecule has 5 atom stereocenters. The molecule has 0 N–H and O–H groups in total. The highest BCUT2D eigenvalue weighted by Gasteiger charge is 2.46. The van der Waals surface area contributed by atoms with Gasteiger partial charge in [-0.2, -0.15) is 0 Å². The van der Waals surface area contributed by atoms with E-state index in [1.165, 1.54) is 44.3 Å². The van der Waals surface area contributed by atoms with Gasteiger partial charge in [0.25, 0.3) is 0 Å². The number of allylic oxidation sites excluding steroid dienone is 3. The minimum absolute atomic E-state index is 0.931. The van der Waals surface area contributed by atoms with Crippen LogP contribution < -0.4 is 0 Å². The Balaban J connectivity index is 1.54. The highest BCUT2D eigenvalue weighted by Crippen LogP contribution is 2.57. The van der Waals surface area contributed by atoms with Crippen molar-refractivity contribution in [2.24, 2.45) is 29.6 Å². The molecular weight excluding hydrogens is 256 g/mol. The lowest BCUT2D eigenvalue weighted by Crippen LogP contribution is -2.36. The van der Waals surface area contributed by atoms with Crippen molar-refractivity contribution < 1.29 is 4.74 Å². The Morgan fingerprint density at radius 1 is 1.14 bits per heavy atom. The Bertz CT molecular complexity index is 472. The van der Waals surface area contributed by atoms with Crippen molar-refractivity contribution in [2.75, 3.05) is 7.11 Å². The van der Waals surface area contributed by atoms with Gasteiger partial charge in [0.15, 0.2) is 0 Å². The molecule has 0 aromatic heterocycles. The van der Waals surface area contributed by atoms with Crippen LogP contribution in [0.25, 0.3) is 0 Å². The quantitative estimate of drug-likeness (QED) is 0.611. The van der Waals surface area contributed by atoms with E-state index >= 15 is 0 Å². The molecule has 2 saturated carbocycles. The summed E-state index contributed by atoms with van der Waals surface area (Å²) in [6.07, 6.45) is 15.0. The number of fused-ring (bicyclic) bond motifs is 4. The van der Waals surface area contributed by atoms with E-state index in [0.717, 1.165) is 36.0 Å². The Hall–Kier alpha value is -0.720. The molecule has 116 valence electrons. The summed E-state index contributed by atoms with van der Waals surface area (Å²) in [5.41, 5.74) is 3.59. The van der Waals surface area contributed by atoms with Crippen LogP contribution in [-0.2, 0) is 4.74 Å². The fourth-order valence-corrected chi connectivity index (χ4v) is 6.14. The van der Waals surface area contributed by atoms with Gasteiger partial charge in [-0.3, -0.25) is 0 Å². The lowest BCUT2D eigenvalue weighted by molar-refractivity contribution is 0.111. The van der Waals surface area contributed by atoms with Gasteiger partial charge in [-0.1, -0.05) is 24.5 Å². The monoisotopic (exact) mass is 286 g/mol. The molecule has 0 radical (unpaired) electrons. The second kappa shape index (κ2) is 5.48. The van der Waals surface area contributed by atoms with Gasteiger partial charge in [0.2, 0.25) is 0 Å². The molecule has 0 aromatic carbocycles. The first kappa shape index (κ1) is 13.9. The van der Waals surface area contributed by atoms with E-state index in [2.05, 4.69) is 13.0 Å². The van der Waals surface area contributed by atoms with Gasteiger partial charge < -0.3 is 4.74 Å². The van der Waals surface area contributed by atoms with Crippen LogP contribution >= 0.6 is 0 Å². The van der Waals surface area contributed by atoms with E-state index in [1.807, 2.05) is 12.7 Å².